The van der Waals surface area contributed by atoms with Gasteiger partial charge < -0.3 is 18.8 Å². The van der Waals surface area contributed by atoms with Gasteiger partial charge in [-0.1, -0.05) is 0 Å². The van der Waals surface area contributed by atoms with E-state index in [-0.39, 0.29) is 18.0 Å². The van der Waals surface area contributed by atoms with Crippen molar-refractivity contribution in [3.8, 4) is 0 Å². The SMILES string of the molecule is CC(C)(C)OC(=O)[C@@H](Cc1cc(C=O)c2occc2c1)[C@H]1CCN(C(=O)OC(C)(C)C)C1. The summed E-state index contributed by atoms with van der Waals surface area (Å²) in [4.78, 5) is 38.9. The fourth-order valence-electron chi connectivity index (χ4n) is 4.06. The van der Waals surface area contributed by atoms with Crippen LogP contribution in [0.1, 0.15) is 63.9 Å². The molecule has 1 aromatic carbocycles. The first-order valence-electron chi connectivity index (χ1n) is 11.0. The lowest BCUT2D eigenvalue weighted by Gasteiger charge is -2.28. The molecule has 1 aliphatic heterocycles. The van der Waals surface area contributed by atoms with Crippen molar-refractivity contribution in [2.45, 2.75) is 65.6 Å². The standard InChI is InChI=1S/C25H33NO6/c1-24(2,3)31-22(28)20(18-7-9-26(14-18)23(29)32-25(4,5)6)13-16-11-17-8-10-30-21(17)19(12-16)15-27/h8,10-12,15,18,20H,7,9,13-14H2,1-6H3/t18-,20-/m0/s1. The first-order chi connectivity index (χ1) is 14.9. The topological polar surface area (TPSA) is 86.1 Å². The molecule has 0 bridgehead atoms. The minimum Gasteiger partial charge on any atom is -0.464 e. The number of hydrogen-bond acceptors (Lipinski definition) is 6. The molecule has 1 fully saturated rings. The van der Waals surface area contributed by atoms with E-state index in [2.05, 4.69) is 0 Å². The first kappa shape index (κ1) is 23.8. The van der Waals surface area contributed by atoms with Gasteiger partial charge in [-0.15, -0.1) is 0 Å². The van der Waals surface area contributed by atoms with E-state index in [0.29, 0.717) is 37.1 Å². The van der Waals surface area contributed by atoms with Gasteiger partial charge in [-0.2, -0.15) is 0 Å². The molecule has 0 unspecified atom stereocenters. The molecule has 1 saturated heterocycles. The molecule has 1 amide bonds. The largest absolute Gasteiger partial charge is 0.464 e. The maximum absolute atomic E-state index is 13.2. The molecular weight excluding hydrogens is 410 g/mol. The number of benzene rings is 1. The molecule has 0 N–H and O–H groups in total. The highest BCUT2D eigenvalue weighted by Gasteiger charge is 2.39. The van der Waals surface area contributed by atoms with Crippen molar-refractivity contribution >= 4 is 29.3 Å². The van der Waals surface area contributed by atoms with Crippen molar-refractivity contribution < 1.29 is 28.3 Å². The van der Waals surface area contributed by atoms with Gasteiger partial charge in [-0.05, 0) is 84.1 Å². The second-order valence-corrected chi connectivity index (χ2v) is 10.5. The third-order valence-electron chi connectivity index (χ3n) is 5.38. The van der Waals surface area contributed by atoms with Crippen molar-refractivity contribution in [1.82, 2.24) is 4.90 Å². The van der Waals surface area contributed by atoms with Crippen LogP contribution >= 0.6 is 0 Å². The molecule has 0 saturated carbocycles. The number of carbonyl (C=O) groups excluding carboxylic acids is 3. The Morgan fingerprint density at radius 2 is 1.84 bits per heavy atom. The minimum absolute atomic E-state index is 0.0721. The third kappa shape index (κ3) is 5.90. The zero-order valence-corrected chi connectivity index (χ0v) is 19.8. The number of hydrogen-bond donors (Lipinski definition) is 0. The Kier molecular flexibility index (Phi) is 6.67. The smallest absolute Gasteiger partial charge is 0.410 e. The van der Waals surface area contributed by atoms with E-state index in [9.17, 15) is 14.4 Å². The molecule has 7 nitrogen and oxygen atoms in total. The average molecular weight is 444 g/mol. The Balaban J connectivity index is 1.84. The van der Waals surface area contributed by atoms with E-state index < -0.39 is 17.1 Å². The predicted octanol–water partition coefficient (Wildman–Crippen LogP) is 5.00. The zero-order valence-electron chi connectivity index (χ0n) is 19.8. The number of likely N-dealkylation sites (tertiary alicyclic amines) is 1. The van der Waals surface area contributed by atoms with Crippen molar-refractivity contribution in [2.75, 3.05) is 13.1 Å². The van der Waals surface area contributed by atoms with Gasteiger partial charge in [0.15, 0.2) is 6.29 Å². The molecule has 0 radical (unpaired) electrons. The Bertz CT molecular complexity index is 994. The summed E-state index contributed by atoms with van der Waals surface area (Å²) in [6.45, 7) is 12.0. The van der Waals surface area contributed by atoms with Crippen LogP contribution in [0.3, 0.4) is 0 Å². The monoisotopic (exact) mass is 443 g/mol. The summed E-state index contributed by atoms with van der Waals surface area (Å²) >= 11 is 0. The average Bonchev–Trinajstić information content (AvgIpc) is 3.32. The van der Waals surface area contributed by atoms with Crippen LogP contribution in [-0.2, 0) is 20.7 Å². The molecule has 2 atom stereocenters. The molecule has 7 heteroatoms. The number of aldehydes is 1. The van der Waals surface area contributed by atoms with Crippen LogP contribution in [0.5, 0.6) is 0 Å². The Labute approximate surface area is 189 Å². The fraction of sp³-hybridized carbons (Fsp3) is 0.560. The van der Waals surface area contributed by atoms with E-state index in [1.165, 1.54) is 0 Å². The lowest BCUT2D eigenvalue weighted by Crippen LogP contribution is -2.38. The van der Waals surface area contributed by atoms with E-state index in [0.717, 1.165) is 17.2 Å². The Morgan fingerprint density at radius 3 is 2.47 bits per heavy atom. The molecule has 32 heavy (non-hydrogen) atoms. The Morgan fingerprint density at radius 1 is 1.16 bits per heavy atom. The number of carbonyl (C=O) groups is 3. The van der Waals surface area contributed by atoms with Gasteiger partial charge in [0.1, 0.15) is 16.8 Å². The molecule has 2 heterocycles. The number of nitrogens with zero attached hydrogens (tertiary/aromatic N) is 1. The zero-order chi connectivity index (χ0) is 23.7. The van der Waals surface area contributed by atoms with Gasteiger partial charge in [0.05, 0.1) is 17.7 Å². The molecule has 1 aromatic heterocycles. The molecular formula is C25H33NO6. The number of amides is 1. The van der Waals surface area contributed by atoms with Crippen LogP contribution in [0.2, 0.25) is 0 Å². The second kappa shape index (κ2) is 8.96. The van der Waals surface area contributed by atoms with Gasteiger partial charge >= 0.3 is 12.1 Å². The lowest BCUT2D eigenvalue weighted by molar-refractivity contribution is -0.161. The fourth-order valence-corrected chi connectivity index (χ4v) is 4.06. The first-order valence-corrected chi connectivity index (χ1v) is 11.0. The molecule has 3 rings (SSSR count). The van der Waals surface area contributed by atoms with Crippen LogP contribution < -0.4 is 0 Å². The summed E-state index contributed by atoms with van der Waals surface area (Å²) < 4.78 is 16.6. The number of furan rings is 1. The highest BCUT2D eigenvalue weighted by molar-refractivity contribution is 5.95. The van der Waals surface area contributed by atoms with Crippen LogP contribution in [0.25, 0.3) is 11.0 Å². The minimum atomic E-state index is -0.624. The summed E-state index contributed by atoms with van der Waals surface area (Å²) in [6.07, 6.45) is 3.02. The second-order valence-electron chi connectivity index (χ2n) is 10.5. The van der Waals surface area contributed by atoms with E-state index in [1.807, 2.05) is 47.6 Å². The maximum Gasteiger partial charge on any atom is 0.410 e. The molecule has 1 aliphatic rings. The normalized spacial score (nSPS) is 17.9. The highest BCUT2D eigenvalue weighted by atomic mass is 16.6. The summed E-state index contributed by atoms with van der Waals surface area (Å²) in [5.41, 5.74) is 0.640. The third-order valence-corrected chi connectivity index (χ3v) is 5.38. The molecule has 0 spiro atoms. The van der Waals surface area contributed by atoms with Gasteiger partial charge in [-0.25, -0.2) is 4.79 Å². The molecule has 174 valence electrons. The van der Waals surface area contributed by atoms with Gasteiger partial charge in [-0.3, -0.25) is 9.59 Å². The van der Waals surface area contributed by atoms with Crippen LogP contribution in [0, 0.1) is 11.8 Å². The van der Waals surface area contributed by atoms with Gasteiger partial charge in [0, 0.05) is 18.5 Å². The number of esters is 1. The summed E-state index contributed by atoms with van der Waals surface area (Å²) in [5, 5.41) is 0.814. The van der Waals surface area contributed by atoms with Crippen molar-refractivity contribution in [2.24, 2.45) is 11.8 Å². The van der Waals surface area contributed by atoms with Gasteiger partial charge in [0.2, 0.25) is 0 Å². The van der Waals surface area contributed by atoms with Crippen LogP contribution in [0.4, 0.5) is 4.79 Å². The number of rotatable bonds is 5. The predicted molar refractivity (Wildman–Crippen MR) is 121 cm³/mol. The summed E-state index contributed by atoms with van der Waals surface area (Å²) in [7, 11) is 0. The van der Waals surface area contributed by atoms with Crippen LogP contribution in [-0.4, -0.2) is 47.5 Å². The van der Waals surface area contributed by atoms with E-state index in [1.54, 1.807) is 23.3 Å². The molecule has 2 aromatic rings. The molecule has 0 aliphatic carbocycles. The summed E-state index contributed by atoms with van der Waals surface area (Å²) in [5.74, 6) is -0.823. The maximum atomic E-state index is 13.2. The number of ether oxygens (including phenoxy) is 2. The quantitative estimate of drug-likeness (QED) is 0.477. The highest BCUT2D eigenvalue weighted by Crippen LogP contribution is 2.32. The Hall–Kier alpha value is -2.83. The van der Waals surface area contributed by atoms with Crippen molar-refractivity contribution in [3.63, 3.8) is 0 Å². The van der Waals surface area contributed by atoms with Crippen molar-refractivity contribution in [1.29, 1.82) is 0 Å². The van der Waals surface area contributed by atoms with Gasteiger partial charge in [0.25, 0.3) is 0 Å². The van der Waals surface area contributed by atoms with E-state index >= 15 is 0 Å². The number of fused-ring (bicyclic) bond motifs is 1. The summed E-state index contributed by atoms with van der Waals surface area (Å²) in [6, 6.07) is 5.49. The van der Waals surface area contributed by atoms with E-state index in [4.69, 9.17) is 13.9 Å². The lowest BCUT2D eigenvalue weighted by atomic mass is 9.85. The van der Waals surface area contributed by atoms with Crippen molar-refractivity contribution in [3.05, 3.63) is 35.6 Å². The van der Waals surface area contributed by atoms with Crippen LogP contribution in [0.15, 0.2) is 28.9 Å².